The molecule has 8 nitrogen and oxygen atoms in total. The quantitative estimate of drug-likeness (QED) is 0.698. The molecule has 2 aliphatic rings. The minimum Gasteiger partial charge on any atom is -0.347 e. The van der Waals surface area contributed by atoms with Gasteiger partial charge in [-0.15, -0.1) is 0 Å². The molecule has 2 N–H and O–H groups in total. The number of urea groups is 1. The molecule has 0 atom stereocenters. The van der Waals surface area contributed by atoms with Crippen molar-refractivity contribution in [2.24, 2.45) is 0 Å². The van der Waals surface area contributed by atoms with Crippen LogP contribution < -0.4 is 15.5 Å². The van der Waals surface area contributed by atoms with E-state index >= 15 is 0 Å². The lowest BCUT2D eigenvalue weighted by Crippen LogP contribution is -2.70. The number of rotatable bonds is 3. The molecule has 0 saturated carbocycles. The van der Waals surface area contributed by atoms with Gasteiger partial charge in [0.25, 0.3) is 5.91 Å². The molecule has 3 heterocycles. The predicted molar refractivity (Wildman–Crippen MR) is 114 cm³/mol. The van der Waals surface area contributed by atoms with Gasteiger partial charge in [0.1, 0.15) is 0 Å². The van der Waals surface area contributed by atoms with Crippen molar-refractivity contribution in [2.75, 3.05) is 38.6 Å². The van der Waals surface area contributed by atoms with Crippen LogP contribution in [0.15, 0.2) is 48.8 Å². The van der Waals surface area contributed by atoms with Gasteiger partial charge in [-0.05, 0) is 22.4 Å². The molecule has 2 saturated heterocycles. The van der Waals surface area contributed by atoms with Crippen molar-refractivity contribution in [3.05, 3.63) is 54.4 Å². The van der Waals surface area contributed by atoms with E-state index in [1.807, 2.05) is 55.4 Å². The van der Waals surface area contributed by atoms with Gasteiger partial charge in [-0.2, -0.15) is 0 Å². The molecule has 2 fully saturated rings. The van der Waals surface area contributed by atoms with E-state index in [-0.39, 0.29) is 17.5 Å². The first-order chi connectivity index (χ1) is 14.5. The van der Waals surface area contributed by atoms with Crippen LogP contribution >= 0.6 is 0 Å². The van der Waals surface area contributed by atoms with Crippen LogP contribution in [-0.2, 0) is 0 Å². The van der Waals surface area contributed by atoms with Crippen LogP contribution in [0.5, 0.6) is 0 Å². The van der Waals surface area contributed by atoms with Gasteiger partial charge < -0.3 is 20.4 Å². The molecule has 2 aromatic carbocycles. The summed E-state index contributed by atoms with van der Waals surface area (Å²) in [7, 11) is 3.80. The Hall–Kier alpha value is -3.68. The van der Waals surface area contributed by atoms with E-state index in [0.717, 1.165) is 21.9 Å². The molecule has 0 unspecified atom stereocenters. The summed E-state index contributed by atoms with van der Waals surface area (Å²) in [6, 6.07) is 11.5. The van der Waals surface area contributed by atoms with Crippen molar-refractivity contribution in [3.63, 3.8) is 0 Å². The fraction of sp³-hybridized carbons (Fsp3) is 0.273. The van der Waals surface area contributed by atoms with E-state index in [9.17, 15) is 9.59 Å². The Morgan fingerprint density at radius 2 is 1.77 bits per heavy atom. The smallest absolute Gasteiger partial charge is 0.315 e. The average molecular weight is 402 g/mol. The third-order valence-electron chi connectivity index (χ3n) is 5.74. The monoisotopic (exact) mass is 402 g/mol. The maximum atomic E-state index is 13.2. The van der Waals surface area contributed by atoms with Crippen molar-refractivity contribution in [2.45, 2.75) is 5.54 Å². The average Bonchev–Trinajstić information content (AvgIpc) is 3.13. The number of nitrogens with one attached hydrogen (secondary N) is 2. The first-order valence-electron chi connectivity index (χ1n) is 9.83. The molecule has 3 amide bonds. The van der Waals surface area contributed by atoms with Crippen LogP contribution in [0, 0.1) is 0 Å². The number of aromatic nitrogens is 2. The number of anilines is 1. The van der Waals surface area contributed by atoms with E-state index in [0.29, 0.717) is 31.1 Å². The summed E-state index contributed by atoms with van der Waals surface area (Å²) in [6.07, 6.45) is 3.61. The van der Waals surface area contributed by atoms with E-state index in [4.69, 9.17) is 0 Å². The second-order valence-corrected chi connectivity index (χ2v) is 8.12. The Kier molecular flexibility index (Phi) is 4.09. The highest BCUT2D eigenvalue weighted by atomic mass is 16.2. The minimum atomic E-state index is -0.325. The lowest BCUT2D eigenvalue weighted by molar-refractivity contribution is 0.0399. The van der Waals surface area contributed by atoms with Gasteiger partial charge in [-0.25, -0.2) is 14.8 Å². The first-order valence-corrected chi connectivity index (χ1v) is 9.83. The SMILES string of the molecule is CN(C)c1ncc(-c2ccc(C(=O)N3CC4(CNC(=O)N4)C3)c3ccccc23)cn1. The predicted octanol–water partition coefficient (Wildman–Crippen LogP) is 1.87. The van der Waals surface area contributed by atoms with Crippen molar-refractivity contribution in [1.82, 2.24) is 25.5 Å². The summed E-state index contributed by atoms with van der Waals surface area (Å²) in [5, 5.41) is 7.57. The summed E-state index contributed by atoms with van der Waals surface area (Å²) in [5.41, 5.74) is 2.22. The zero-order valence-corrected chi connectivity index (χ0v) is 16.8. The lowest BCUT2D eigenvalue weighted by atomic mass is 9.89. The molecule has 152 valence electrons. The second kappa shape index (κ2) is 6.69. The van der Waals surface area contributed by atoms with Crippen LogP contribution in [0.25, 0.3) is 21.9 Å². The van der Waals surface area contributed by atoms with E-state index in [1.54, 1.807) is 17.3 Å². The summed E-state index contributed by atoms with van der Waals surface area (Å²) < 4.78 is 0. The second-order valence-electron chi connectivity index (χ2n) is 8.12. The Labute approximate surface area is 173 Å². The van der Waals surface area contributed by atoms with E-state index in [2.05, 4.69) is 20.6 Å². The van der Waals surface area contributed by atoms with Crippen LogP contribution in [0.3, 0.4) is 0 Å². The van der Waals surface area contributed by atoms with Gasteiger partial charge >= 0.3 is 6.03 Å². The topological polar surface area (TPSA) is 90.5 Å². The fourth-order valence-electron chi connectivity index (χ4n) is 4.20. The highest BCUT2D eigenvalue weighted by molar-refractivity contribution is 6.11. The molecule has 5 rings (SSSR count). The summed E-state index contributed by atoms with van der Waals surface area (Å²) in [6.45, 7) is 1.58. The molecular formula is C22H22N6O2. The molecule has 30 heavy (non-hydrogen) atoms. The van der Waals surface area contributed by atoms with Gasteiger partial charge in [-0.1, -0.05) is 30.3 Å². The molecule has 3 aromatic rings. The Morgan fingerprint density at radius 3 is 2.40 bits per heavy atom. The van der Waals surface area contributed by atoms with Crippen LogP contribution in [0.1, 0.15) is 10.4 Å². The fourth-order valence-corrected chi connectivity index (χ4v) is 4.20. The number of benzene rings is 2. The normalized spacial score (nSPS) is 16.9. The standard InChI is InChI=1S/C22H22N6O2/c1-27(2)20-23-9-14(10-24-20)15-7-8-18(17-6-4-3-5-16(15)17)19(29)28-12-22(13-28)11-25-21(30)26-22/h3-10H,11-13H2,1-2H3,(H2,25,26,30). The van der Waals surface area contributed by atoms with Crippen molar-refractivity contribution >= 4 is 28.7 Å². The zero-order chi connectivity index (χ0) is 20.9. The lowest BCUT2D eigenvalue weighted by Gasteiger charge is -2.47. The Bertz CT molecular complexity index is 1150. The number of hydrogen-bond donors (Lipinski definition) is 2. The van der Waals surface area contributed by atoms with Crippen molar-refractivity contribution < 1.29 is 9.59 Å². The third-order valence-corrected chi connectivity index (χ3v) is 5.74. The molecular weight excluding hydrogens is 380 g/mol. The van der Waals surface area contributed by atoms with E-state index in [1.165, 1.54) is 0 Å². The summed E-state index contributed by atoms with van der Waals surface area (Å²) >= 11 is 0. The Morgan fingerprint density at radius 1 is 1.07 bits per heavy atom. The summed E-state index contributed by atoms with van der Waals surface area (Å²) in [4.78, 5) is 37.1. The first kappa shape index (κ1) is 18.4. The van der Waals surface area contributed by atoms with Crippen molar-refractivity contribution in [3.8, 4) is 11.1 Å². The van der Waals surface area contributed by atoms with Gasteiger partial charge in [0.15, 0.2) is 0 Å². The number of carbonyl (C=O) groups is 2. The minimum absolute atomic E-state index is 0.0243. The number of nitrogens with zero attached hydrogens (tertiary/aromatic N) is 4. The van der Waals surface area contributed by atoms with Gasteiger partial charge in [0, 0.05) is 57.3 Å². The maximum absolute atomic E-state index is 13.2. The highest BCUT2D eigenvalue weighted by Gasteiger charge is 2.49. The molecule has 1 spiro atoms. The van der Waals surface area contributed by atoms with Crippen LogP contribution in [0.4, 0.5) is 10.7 Å². The number of amides is 3. The molecule has 0 bridgehead atoms. The van der Waals surface area contributed by atoms with Crippen LogP contribution in [-0.4, -0.2) is 66.1 Å². The zero-order valence-electron chi connectivity index (χ0n) is 16.8. The Balaban J connectivity index is 1.47. The van der Waals surface area contributed by atoms with Gasteiger partial charge in [0.05, 0.1) is 5.54 Å². The molecule has 0 radical (unpaired) electrons. The molecule has 0 aliphatic carbocycles. The molecule has 8 heteroatoms. The number of fused-ring (bicyclic) bond motifs is 1. The highest BCUT2D eigenvalue weighted by Crippen LogP contribution is 2.33. The number of carbonyl (C=O) groups excluding carboxylic acids is 2. The van der Waals surface area contributed by atoms with E-state index < -0.39 is 0 Å². The molecule has 1 aromatic heterocycles. The largest absolute Gasteiger partial charge is 0.347 e. The summed E-state index contributed by atoms with van der Waals surface area (Å²) in [5.74, 6) is 0.624. The van der Waals surface area contributed by atoms with Gasteiger partial charge in [0.2, 0.25) is 5.95 Å². The number of likely N-dealkylation sites (tertiary alicyclic amines) is 1. The molecule has 2 aliphatic heterocycles. The van der Waals surface area contributed by atoms with Crippen molar-refractivity contribution in [1.29, 1.82) is 0 Å². The maximum Gasteiger partial charge on any atom is 0.315 e. The number of hydrogen-bond acceptors (Lipinski definition) is 5. The van der Waals surface area contributed by atoms with Crippen LogP contribution in [0.2, 0.25) is 0 Å². The third kappa shape index (κ3) is 2.92. The van der Waals surface area contributed by atoms with Gasteiger partial charge in [-0.3, -0.25) is 4.79 Å².